The summed E-state index contributed by atoms with van der Waals surface area (Å²) in [5.74, 6) is -0.202. The first-order valence-electron chi connectivity index (χ1n) is 9.71. The second-order valence-corrected chi connectivity index (χ2v) is 7.14. The number of Topliss-reactive ketones (excluding diaryl/α,β-unsaturated/α-hetero) is 1. The summed E-state index contributed by atoms with van der Waals surface area (Å²) in [5.41, 5.74) is -0.799. The lowest BCUT2D eigenvalue weighted by Gasteiger charge is -2.20. The zero-order chi connectivity index (χ0) is 21.8. The minimum Gasteiger partial charge on any atom is -0.494 e. The molecule has 2 atom stereocenters. The number of para-hydroxylation sites is 2. The van der Waals surface area contributed by atoms with Gasteiger partial charge in [-0.3, -0.25) is 14.2 Å². The molecule has 1 N–H and O–H groups in total. The van der Waals surface area contributed by atoms with Crippen LogP contribution >= 0.6 is 0 Å². The smallest absolute Gasteiger partial charge is 0.271 e. The van der Waals surface area contributed by atoms with Crippen molar-refractivity contribution in [2.24, 2.45) is 0 Å². The van der Waals surface area contributed by atoms with Gasteiger partial charge in [0.05, 0.1) is 25.3 Å². The molecular weight excluding hydrogens is 388 g/mol. The van der Waals surface area contributed by atoms with Gasteiger partial charge in [-0.1, -0.05) is 12.1 Å². The zero-order valence-electron chi connectivity index (χ0n) is 17.2. The Balaban J connectivity index is 2.00. The lowest BCUT2D eigenvalue weighted by Crippen LogP contribution is -2.33. The first-order chi connectivity index (χ1) is 14.4. The Labute approximate surface area is 174 Å². The van der Waals surface area contributed by atoms with Crippen LogP contribution in [-0.4, -0.2) is 41.4 Å². The number of aromatic hydroxyl groups is 1. The van der Waals surface area contributed by atoms with Crippen molar-refractivity contribution < 1.29 is 24.1 Å². The summed E-state index contributed by atoms with van der Waals surface area (Å²) in [4.78, 5) is 25.9. The van der Waals surface area contributed by atoms with Crippen LogP contribution in [0.5, 0.6) is 17.4 Å². The SMILES string of the molecule is COc1ccccc1OC(C)C(=O)c1c(C)c(C#N)c(=O)n(CC2CCCO2)c1O. The van der Waals surface area contributed by atoms with Gasteiger partial charge in [0.1, 0.15) is 11.6 Å². The minimum absolute atomic E-state index is 0.0711. The standard InChI is InChI=1S/C22H24N2O6/c1-13-16(11-23)21(26)24(12-15-7-6-10-29-15)22(27)19(13)20(25)14(2)30-18-9-5-4-8-17(18)28-3/h4-5,8-9,14-15,27H,6-7,10,12H2,1-3H3. The maximum atomic E-state index is 13.2. The molecule has 8 heteroatoms. The van der Waals surface area contributed by atoms with Crippen molar-refractivity contribution in [3.05, 3.63) is 51.3 Å². The molecule has 1 aromatic carbocycles. The van der Waals surface area contributed by atoms with Crippen LogP contribution in [0, 0.1) is 18.3 Å². The highest BCUT2D eigenvalue weighted by Crippen LogP contribution is 2.30. The zero-order valence-corrected chi connectivity index (χ0v) is 17.2. The monoisotopic (exact) mass is 412 g/mol. The molecule has 30 heavy (non-hydrogen) atoms. The van der Waals surface area contributed by atoms with Crippen molar-refractivity contribution in [2.45, 2.75) is 45.4 Å². The van der Waals surface area contributed by atoms with Crippen LogP contribution in [0.3, 0.4) is 0 Å². The van der Waals surface area contributed by atoms with Gasteiger partial charge in [-0.25, -0.2) is 0 Å². The fourth-order valence-electron chi connectivity index (χ4n) is 3.57. The summed E-state index contributed by atoms with van der Waals surface area (Å²) in [6.45, 7) is 3.66. The summed E-state index contributed by atoms with van der Waals surface area (Å²) >= 11 is 0. The third-order valence-electron chi connectivity index (χ3n) is 5.20. The molecule has 0 saturated carbocycles. The number of benzene rings is 1. The van der Waals surface area contributed by atoms with Crippen LogP contribution in [0.2, 0.25) is 0 Å². The summed E-state index contributed by atoms with van der Waals surface area (Å²) in [7, 11) is 1.49. The third kappa shape index (κ3) is 4.02. The van der Waals surface area contributed by atoms with Crippen molar-refractivity contribution in [3.8, 4) is 23.4 Å². The third-order valence-corrected chi connectivity index (χ3v) is 5.20. The highest BCUT2D eigenvalue weighted by molar-refractivity contribution is 6.03. The molecule has 1 aliphatic rings. The Bertz CT molecular complexity index is 1050. The number of nitriles is 1. The summed E-state index contributed by atoms with van der Waals surface area (Å²) in [6.07, 6.45) is 0.337. The number of ketones is 1. The van der Waals surface area contributed by atoms with Crippen molar-refractivity contribution in [1.82, 2.24) is 4.57 Å². The number of carbonyl (C=O) groups excluding carboxylic acids is 1. The molecule has 1 fully saturated rings. The number of hydrogen-bond donors (Lipinski definition) is 1. The van der Waals surface area contributed by atoms with E-state index in [1.165, 1.54) is 21.0 Å². The van der Waals surface area contributed by atoms with Crippen LogP contribution in [0.1, 0.15) is 41.3 Å². The number of aromatic nitrogens is 1. The normalized spacial score (nSPS) is 16.7. The molecule has 2 heterocycles. The van der Waals surface area contributed by atoms with E-state index in [2.05, 4.69) is 0 Å². The Morgan fingerprint density at radius 3 is 2.70 bits per heavy atom. The number of methoxy groups -OCH3 is 1. The van der Waals surface area contributed by atoms with Gasteiger partial charge >= 0.3 is 0 Å². The van der Waals surface area contributed by atoms with Crippen molar-refractivity contribution in [1.29, 1.82) is 5.26 Å². The van der Waals surface area contributed by atoms with Crippen molar-refractivity contribution >= 4 is 5.78 Å². The van der Waals surface area contributed by atoms with E-state index in [1.54, 1.807) is 24.3 Å². The molecule has 3 rings (SSSR count). The van der Waals surface area contributed by atoms with Gasteiger partial charge in [0.2, 0.25) is 11.7 Å². The molecule has 1 saturated heterocycles. The molecule has 0 radical (unpaired) electrons. The predicted octanol–water partition coefficient (Wildman–Crippen LogP) is 2.57. The molecule has 0 bridgehead atoms. The van der Waals surface area contributed by atoms with Crippen LogP contribution in [-0.2, 0) is 11.3 Å². The molecular formula is C22H24N2O6. The molecule has 158 valence electrons. The molecule has 2 unspecified atom stereocenters. The number of ether oxygens (including phenoxy) is 3. The first-order valence-corrected chi connectivity index (χ1v) is 9.71. The average molecular weight is 412 g/mol. The number of carbonyl (C=O) groups is 1. The maximum Gasteiger partial charge on any atom is 0.271 e. The molecule has 1 aliphatic heterocycles. The van der Waals surface area contributed by atoms with Gasteiger partial charge in [-0.05, 0) is 44.4 Å². The maximum absolute atomic E-state index is 13.2. The molecule has 1 aromatic heterocycles. The Hall–Kier alpha value is -3.31. The van der Waals surface area contributed by atoms with Gasteiger partial charge in [-0.2, -0.15) is 5.26 Å². The van der Waals surface area contributed by atoms with E-state index in [9.17, 15) is 20.0 Å². The van der Waals surface area contributed by atoms with E-state index in [1.807, 2.05) is 6.07 Å². The van der Waals surface area contributed by atoms with E-state index in [-0.39, 0.29) is 29.3 Å². The Morgan fingerprint density at radius 2 is 2.10 bits per heavy atom. The predicted molar refractivity (Wildman–Crippen MR) is 108 cm³/mol. The fraction of sp³-hybridized carbons (Fsp3) is 0.409. The summed E-state index contributed by atoms with van der Waals surface area (Å²) in [6, 6.07) is 8.74. The number of hydrogen-bond acceptors (Lipinski definition) is 7. The van der Waals surface area contributed by atoms with E-state index in [0.717, 1.165) is 17.4 Å². The largest absolute Gasteiger partial charge is 0.494 e. The average Bonchev–Trinajstić information content (AvgIpc) is 3.25. The van der Waals surface area contributed by atoms with Gasteiger partial charge in [0, 0.05) is 6.61 Å². The Morgan fingerprint density at radius 1 is 1.40 bits per heavy atom. The van der Waals surface area contributed by atoms with E-state index < -0.39 is 23.3 Å². The molecule has 0 amide bonds. The second kappa shape index (κ2) is 9.01. The molecule has 0 spiro atoms. The summed E-state index contributed by atoms with van der Waals surface area (Å²) in [5, 5.41) is 20.3. The summed E-state index contributed by atoms with van der Waals surface area (Å²) < 4.78 is 17.6. The van der Waals surface area contributed by atoms with E-state index >= 15 is 0 Å². The van der Waals surface area contributed by atoms with Gasteiger partial charge in [0.25, 0.3) is 5.56 Å². The number of pyridine rings is 1. The van der Waals surface area contributed by atoms with Gasteiger partial charge in [-0.15, -0.1) is 0 Å². The first kappa shape index (κ1) is 21.4. The van der Waals surface area contributed by atoms with E-state index in [0.29, 0.717) is 18.1 Å². The second-order valence-electron chi connectivity index (χ2n) is 7.14. The highest BCUT2D eigenvalue weighted by Gasteiger charge is 2.30. The fourth-order valence-corrected chi connectivity index (χ4v) is 3.57. The number of rotatable bonds is 7. The van der Waals surface area contributed by atoms with Gasteiger partial charge < -0.3 is 19.3 Å². The van der Waals surface area contributed by atoms with Crippen molar-refractivity contribution in [2.75, 3.05) is 13.7 Å². The van der Waals surface area contributed by atoms with Crippen LogP contribution in [0.15, 0.2) is 29.1 Å². The molecule has 8 nitrogen and oxygen atoms in total. The quantitative estimate of drug-likeness (QED) is 0.696. The topological polar surface area (TPSA) is 111 Å². The van der Waals surface area contributed by atoms with Crippen LogP contribution in [0.25, 0.3) is 0 Å². The minimum atomic E-state index is -0.994. The molecule has 0 aliphatic carbocycles. The lowest BCUT2D eigenvalue weighted by molar-refractivity contribution is 0.0801. The van der Waals surface area contributed by atoms with Crippen LogP contribution in [0.4, 0.5) is 0 Å². The Kier molecular flexibility index (Phi) is 6.43. The van der Waals surface area contributed by atoms with Crippen LogP contribution < -0.4 is 15.0 Å². The van der Waals surface area contributed by atoms with E-state index in [4.69, 9.17) is 14.2 Å². The number of nitrogens with zero attached hydrogens (tertiary/aromatic N) is 2. The molecule has 2 aromatic rings. The van der Waals surface area contributed by atoms with Gasteiger partial charge in [0.15, 0.2) is 17.6 Å². The lowest BCUT2D eigenvalue weighted by atomic mass is 9.99. The highest BCUT2D eigenvalue weighted by atomic mass is 16.5. The van der Waals surface area contributed by atoms with Crippen molar-refractivity contribution in [3.63, 3.8) is 0 Å².